The number of piperidine rings is 1. The van der Waals surface area contributed by atoms with Crippen molar-refractivity contribution < 1.29 is 4.39 Å². The summed E-state index contributed by atoms with van der Waals surface area (Å²) < 4.78 is 13.5. The van der Waals surface area contributed by atoms with Gasteiger partial charge in [-0.25, -0.2) is 4.39 Å². The Balaban J connectivity index is 1.32. The van der Waals surface area contributed by atoms with E-state index in [1.165, 1.54) is 37.7 Å². The van der Waals surface area contributed by atoms with E-state index in [0.717, 1.165) is 50.7 Å². The Kier molecular flexibility index (Phi) is 7.60. The molecule has 1 aromatic heterocycles. The summed E-state index contributed by atoms with van der Waals surface area (Å²) in [6, 6.07) is 9.13. The molecule has 36 heavy (non-hydrogen) atoms. The Hall–Kier alpha value is -2.48. The normalized spacial score (nSPS) is 23.6. The van der Waals surface area contributed by atoms with Crippen LogP contribution in [0.15, 0.2) is 30.3 Å². The van der Waals surface area contributed by atoms with Crippen LogP contribution in [0.1, 0.15) is 64.4 Å². The van der Waals surface area contributed by atoms with Gasteiger partial charge in [0, 0.05) is 44.2 Å². The van der Waals surface area contributed by atoms with Crippen molar-refractivity contribution in [1.82, 2.24) is 15.3 Å². The van der Waals surface area contributed by atoms with Crippen LogP contribution in [0.4, 0.5) is 22.0 Å². The van der Waals surface area contributed by atoms with Gasteiger partial charge in [-0.1, -0.05) is 38.8 Å². The highest BCUT2D eigenvalue weighted by Crippen LogP contribution is 2.40. The first kappa shape index (κ1) is 25.2. The standard InChI is InChI=1S/C28H39FN6S/c1-20-15-21(2)18-35(17-20)25-16-24(34-13-5-6-14-34)31-26(32-25)33-27(36)30-19-28(11-3-4-12-28)22-7-9-23(29)10-8-22/h7-10,16,20-21H,3-6,11-15,17-19H2,1-2H3,(H2,30,31,32,33,36)/t20-,21+. The van der Waals surface area contributed by atoms with Gasteiger partial charge in [-0.05, 0) is 73.9 Å². The quantitative estimate of drug-likeness (QED) is 0.498. The highest BCUT2D eigenvalue weighted by molar-refractivity contribution is 7.80. The van der Waals surface area contributed by atoms with Crippen LogP contribution < -0.4 is 20.4 Å². The van der Waals surface area contributed by atoms with E-state index < -0.39 is 0 Å². The molecule has 1 aromatic carbocycles. The fraction of sp³-hybridized carbons (Fsp3) is 0.607. The second kappa shape index (κ2) is 10.9. The van der Waals surface area contributed by atoms with Crippen LogP contribution in [0, 0.1) is 17.7 Å². The summed E-state index contributed by atoms with van der Waals surface area (Å²) in [5, 5.41) is 7.28. The summed E-state index contributed by atoms with van der Waals surface area (Å²) in [4.78, 5) is 14.5. The minimum atomic E-state index is -0.194. The molecule has 6 nitrogen and oxygen atoms in total. The van der Waals surface area contributed by atoms with Crippen LogP contribution in [0.3, 0.4) is 0 Å². The van der Waals surface area contributed by atoms with Gasteiger partial charge in [0.15, 0.2) is 5.11 Å². The fourth-order valence-corrected chi connectivity index (χ4v) is 6.58. The molecule has 3 heterocycles. The zero-order valence-corrected chi connectivity index (χ0v) is 22.4. The Morgan fingerprint density at radius 1 is 0.972 bits per heavy atom. The molecule has 8 heteroatoms. The maximum Gasteiger partial charge on any atom is 0.232 e. The molecule has 3 fully saturated rings. The summed E-state index contributed by atoms with van der Waals surface area (Å²) >= 11 is 5.72. The van der Waals surface area contributed by atoms with Gasteiger partial charge in [0.1, 0.15) is 17.5 Å². The van der Waals surface area contributed by atoms with Crippen molar-refractivity contribution in [1.29, 1.82) is 0 Å². The Morgan fingerprint density at radius 2 is 1.58 bits per heavy atom. The smallest absolute Gasteiger partial charge is 0.232 e. The number of rotatable bonds is 6. The van der Waals surface area contributed by atoms with Crippen molar-refractivity contribution in [2.45, 2.75) is 64.2 Å². The summed E-state index contributed by atoms with van der Waals surface area (Å²) in [6.45, 7) is 9.46. The summed E-state index contributed by atoms with van der Waals surface area (Å²) in [6.07, 6.45) is 8.16. The largest absolute Gasteiger partial charge is 0.361 e. The third-order valence-corrected chi connectivity index (χ3v) is 8.40. The number of aromatic nitrogens is 2. The molecule has 2 aliphatic heterocycles. The van der Waals surface area contributed by atoms with Crippen molar-refractivity contribution in [3.05, 3.63) is 41.7 Å². The first-order valence-electron chi connectivity index (χ1n) is 13.6. The number of halogens is 1. The van der Waals surface area contributed by atoms with E-state index in [1.807, 2.05) is 12.1 Å². The fourth-order valence-electron chi connectivity index (χ4n) is 6.42. The maximum absolute atomic E-state index is 13.5. The first-order valence-corrected chi connectivity index (χ1v) is 14.0. The SMILES string of the molecule is C[C@@H]1C[C@H](C)CN(c2cc(N3CCCC3)nc(NC(=S)NCC3(c4ccc(F)cc4)CCCC3)n2)C1. The Labute approximate surface area is 220 Å². The van der Waals surface area contributed by atoms with E-state index >= 15 is 0 Å². The number of thiocarbonyl (C=S) groups is 1. The molecule has 2 N–H and O–H groups in total. The lowest BCUT2D eigenvalue weighted by Gasteiger charge is -2.36. The first-order chi connectivity index (χ1) is 17.4. The van der Waals surface area contributed by atoms with E-state index in [1.54, 1.807) is 12.1 Å². The molecule has 0 unspecified atom stereocenters. The molecular formula is C28H39FN6S. The molecule has 0 amide bonds. The van der Waals surface area contributed by atoms with E-state index in [4.69, 9.17) is 22.2 Å². The molecule has 3 aliphatic rings. The predicted molar refractivity (Wildman–Crippen MR) is 149 cm³/mol. The van der Waals surface area contributed by atoms with Crippen LogP contribution in [0.25, 0.3) is 0 Å². The summed E-state index contributed by atoms with van der Waals surface area (Å²) in [5.74, 6) is 3.61. The number of hydrogen-bond donors (Lipinski definition) is 2. The zero-order valence-electron chi connectivity index (χ0n) is 21.6. The van der Waals surface area contributed by atoms with Gasteiger partial charge in [0.25, 0.3) is 0 Å². The van der Waals surface area contributed by atoms with Crippen LogP contribution in [0.5, 0.6) is 0 Å². The lowest BCUT2D eigenvalue weighted by molar-refractivity contribution is 0.355. The summed E-state index contributed by atoms with van der Waals surface area (Å²) in [7, 11) is 0. The Morgan fingerprint density at radius 3 is 2.22 bits per heavy atom. The van der Waals surface area contributed by atoms with E-state index in [0.29, 0.717) is 29.4 Å². The summed E-state index contributed by atoms with van der Waals surface area (Å²) in [5.41, 5.74) is 1.16. The highest BCUT2D eigenvalue weighted by Gasteiger charge is 2.35. The van der Waals surface area contributed by atoms with Crippen molar-refractivity contribution >= 4 is 34.9 Å². The zero-order chi connectivity index (χ0) is 25.1. The minimum absolute atomic E-state index is 0.0249. The van der Waals surface area contributed by atoms with Gasteiger partial charge in [-0.15, -0.1) is 0 Å². The molecule has 1 saturated carbocycles. The monoisotopic (exact) mass is 510 g/mol. The predicted octanol–water partition coefficient (Wildman–Crippen LogP) is 5.50. The van der Waals surface area contributed by atoms with Gasteiger partial charge >= 0.3 is 0 Å². The van der Waals surface area contributed by atoms with Crippen LogP contribution in [0.2, 0.25) is 0 Å². The number of anilines is 3. The van der Waals surface area contributed by atoms with Gasteiger partial charge < -0.3 is 20.4 Å². The second-order valence-electron chi connectivity index (χ2n) is 11.3. The second-order valence-corrected chi connectivity index (χ2v) is 11.7. The Bertz CT molecular complexity index is 1040. The lowest BCUT2D eigenvalue weighted by atomic mass is 9.79. The molecule has 1 aliphatic carbocycles. The third kappa shape index (κ3) is 5.74. The number of benzene rings is 1. The average molecular weight is 511 g/mol. The van der Waals surface area contributed by atoms with E-state index in [-0.39, 0.29) is 11.2 Å². The number of nitrogens with zero attached hydrogens (tertiary/aromatic N) is 4. The average Bonchev–Trinajstić information content (AvgIpc) is 3.56. The highest BCUT2D eigenvalue weighted by atomic mass is 32.1. The molecular weight excluding hydrogens is 471 g/mol. The van der Waals surface area contributed by atoms with Crippen LogP contribution in [-0.2, 0) is 5.41 Å². The third-order valence-electron chi connectivity index (χ3n) is 8.15. The number of hydrogen-bond acceptors (Lipinski definition) is 5. The van der Waals surface area contributed by atoms with Crippen LogP contribution >= 0.6 is 12.2 Å². The molecule has 0 radical (unpaired) electrons. The van der Waals surface area contributed by atoms with E-state index in [9.17, 15) is 4.39 Å². The number of nitrogens with one attached hydrogen (secondary N) is 2. The van der Waals surface area contributed by atoms with Gasteiger partial charge in [0.05, 0.1) is 0 Å². The topological polar surface area (TPSA) is 56.3 Å². The van der Waals surface area contributed by atoms with Gasteiger partial charge in [-0.2, -0.15) is 9.97 Å². The van der Waals surface area contributed by atoms with Crippen molar-refractivity contribution in [2.24, 2.45) is 11.8 Å². The van der Waals surface area contributed by atoms with Gasteiger partial charge in [0.2, 0.25) is 5.95 Å². The molecule has 2 atom stereocenters. The van der Waals surface area contributed by atoms with Crippen molar-refractivity contribution in [2.75, 3.05) is 47.8 Å². The van der Waals surface area contributed by atoms with Crippen molar-refractivity contribution in [3.63, 3.8) is 0 Å². The van der Waals surface area contributed by atoms with Gasteiger partial charge in [-0.3, -0.25) is 0 Å². The molecule has 0 spiro atoms. The van der Waals surface area contributed by atoms with Crippen molar-refractivity contribution in [3.8, 4) is 0 Å². The molecule has 2 aromatic rings. The molecule has 5 rings (SSSR count). The van der Waals surface area contributed by atoms with E-state index in [2.05, 4.69) is 40.3 Å². The minimum Gasteiger partial charge on any atom is -0.361 e. The lowest BCUT2D eigenvalue weighted by Crippen LogP contribution is -2.41. The van der Waals surface area contributed by atoms with Crippen LogP contribution in [-0.4, -0.2) is 47.8 Å². The molecule has 194 valence electrons. The maximum atomic E-state index is 13.5. The molecule has 0 bridgehead atoms. The molecule has 2 saturated heterocycles.